The maximum absolute atomic E-state index is 6.44. The minimum Gasteiger partial charge on any atom is -0.487 e. The van der Waals surface area contributed by atoms with E-state index in [1.54, 1.807) is 0 Å². The van der Waals surface area contributed by atoms with Gasteiger partial charge in [-0.15, -0.1) is 0 Å². The second kappa shape index (κ2) is 5.45. The van der Waals surface area contributed by atoms with Crippen LogP contribution in [0.2, 0.25) is 0 Å². The molecule has 1 aromatic carbocycles. The number of fused-ring (bicyclic) bond motifs is 1. The number of nitrogens with two attached hydrogens (primary N) is 1. The first kappa shape index (κ1) is 13.4. The molecule has 2 N–H and O–H groups in total. The van der Waals surface area contributed by atoms with Crippen LogP contribution in [0.5, 0.6) is 5.75 Å². The van der Waals surface area contributed by atoms with Crippen LogP contribution in [0.1, 0.15) is 63.0 Å². The lowest BCUT2D eigenvalue weighted by atomic mass is 9.79. The van der Waals surface area contributed by atoms with Crippen LogP contribution in [0.15, 0.2) is 22.7 Å². The van der Waals surface area contributed by atoms with Crippen molar-refractivity contribution in [3.63, 3.8) is 0 Å². The molecule has 3 rings (SSSR count). The summed E-state index contributed by atoms with van der Waals surface area (Å²) < 4.78 is 7.51. The van der Waals surface area contributed by atoms with Crippen molar-refractivity contribution in [1.29, 1.82) is 0 Å². The van der Waals surface area contributed by atoms with Crippen molar-refractivity contribution in [1.82, 2.24) is 0 Å². The van der Waals surface area contributed by atoms with Crippen LogP contribution in [0.4, 0.5) is 0 Å². The van der Waals surface area contributed by atoms with E-state index in [1.165, 1.54) is 32.1 Å². The lowest BCUT2D eigenvalue weighted by Gasteiger charge is -2.42. The molecule has 1 saturated carbocycles. The number of benzene rings is 1. The molecule has 0 radical (unpaired) electrons. The summed E-state index contributed by atoms with van der Waals surface area (Å²) in [5.74, 6) is 0.994. The molecular formula is C16H22BrNO. The number of hydrogen-bond donors (Lipinski definition) is 1. The molecule has 1 aliphatic heterocycles. The van der Waals surface area contributed by atoms with Gasteiger partial charge in [0.15, 0.2) is 0 Å². The Morgan fingerprint density at radius 3 is 2.53 bits per heavy atom. The molecule has 1 heterocycles. The van der Waals surface area contributed by atoms with Crippen LogP contribution in [0.3, 0.4) is 0 Å². The second-order valence-electron chi connectivity index (χ2n) is 6.05. The van der Waals surface area contributed by atoms with E-state index in [-0.39, 0.29) is 11.6 Å². The van der Waals surface area contributed by atoms with E-state index in [0.717, 1.165) is 35.0 Å². The maximum Gasteiger partial charge on any atom is 0.126 e. The Bertz CT molecular complexity index is 452. The third-order valence-corrected chi connectivity index (χ3v) is 5.05. The summed E-state index contributed by atoms with van der Waals surface area (Å²) in [6.45, 7) is 0. The largest absolute Gasteiger partial charge is 0.487 e. The molecule has 3 heteroatoms. The predicted molar refractivity (Wildman–Crippen MR) is 81.4 cm³/mol. The van der Waals surface area contributed by atoms with E-state index in [1.807, 2.05) is 0 Å². The van der Waals surface area contributed by atoms with Gasteiger partial charge >= 0.3 is 0 Å². The molecule has 0 unspecified atom stereocenters. The highest BCUT2D eigenvalue weighted by Crippen LogP contribution is 2.44. The quantitative estimate of drug-likeness (QED) is 0.750. The maximum atomic E-state index is 6.44. The van der Waals surface area contributed by atoms with Crippen molar-refractivity contribution in [2.75, 3.05) is 0 Å². The molecule has 1 atom stereocenters. The molecule has 1 fully saturated rings. The van der Waals surface area contributed by atoms with Crippen molar-refractivity contribution in [2.24, 2.45) is 5.73 Å². The third kappa shape index (κ3) is 2.82. The Kier molecular flexibility index (Phi) is 3.86. The van der Waals surface area contributed by atoms with Crippen LogP contribution in [0.25, 0.3) is 0 Å². The molecule has 104 valence electrons. The second-order valence-corrected chi connectivity index (χ2v) is 6.96. The summed E-state index contributed by atoms with van der Waals surface area (Å²) in [6.07, 6.45) is 9.90. The molecule has 0 amide bonds. The van der Waals surface area contributed by atoms with Crippen LogP contribution in [0, 0.1) is 0 Å². The zero-order valence-electron chi connectivity index (χ0n) is 11.3. The highest BCUT2D eigenvalue weighted by molar-refractivity contribution is 9.10. The fraction of sp³-hybridized carbons (Fsp3) is 0.625. The molecule has 1 spiro atoms. The highest BCUT2D eigenvalue weighted by Gasteiger charge is 2.39. The van der Waals surface area contributed by atoms with Gasteiger partial charge in [0, 0.05) is 22.5 Å². The first-order chi connectivity index (χ1) is 9.19. The van der Waals surface area contributed by atoms with E-state index in [0.29, 0.717) is 0 Å². The summed E-state index contributed by atoms with van der Waals surface area (Å²) in [5, 5.41) is 0. The molecule has 19 heavy (non-hydrogen) atoms. The number of ether oxygens (including phenoxy) is 1. The lowest BCUT2D eigenvalue weighted by molar-refractivity contribution is 0.0112. The van der Waals surface area contributed by atoms with Crippen LogP contribution in [-0.2, 0) is 0 Å². The Hall–Kier alpha value is -0.540. The molecule has 0 bridgehead atoms. The molecule has 0 aromatic heterocycles. The van der Waals surface area contributed by atoms with Gasteiger partial charge in [-0.25, -0.2) is 0 Å². The van der Waals surface area contributed by atoms with Gasteiger partial charge in [0.05, 0.1) is 0 Å². The zero-order chi connectivity index (χ0) is 13.3. The molecule has 2 aliphatic rings. The summed E-state index contributed by atoms with van der Waals surface area (Å²) in [6, 6.07) is 6.35. The van der Waals surface area contributed by atoms with Gasteiger partial charge in [-0.05, 0) is 37.8 Å². The summed E-state index contributed by atoms with van der Waals surface area (Å²) in [5.41, 5.74) is 7.55. The average Bonchev–Trinajstić information content (AvgIpc) is 2.34. The number of hydrogen-bond acceptors (Lipinski definition) is 2. The van der Waals surface area contributed by atoms with Gasteiger partial charge in [-0.2, -0.15) is 0 Å². The number of halogens is 1. The van der Waals surface area contributed by atoms with Crippen molar-refractivity contribution in [3.8, 4) is 5.75 Å². The fourth-order valence-electron chi connectivity index (χ4n) is 3.54. The minimum absolute atomic E-state index is 0.00632. The van der Waals surface area contributed by atoms with Crippen LogP contribution >= 0.6 is 15.9 Å². The fourth-order valence-corrected chi connectivity index (χ4v) is 3.88. The third-order valence-electron chi connectivity index (χ3n) is 4.56. The molecular weight excluding hydrogens is 302 g/mol. The van der Waals surface area contributed by atoms with Crippen molar-refractivity contribution < 1.29 is 4.74 Å². The molecule has 1 aliphatic carbocycles. The normalized spacial score (nSPS) is 26.1. The van der Waals surface area contributed by atoms with Crippen molar-refractivity contribution >= 4 is 15.9 Å². The van der Waals surface area contributed by atoms with Gasteiger partial charge in [0.2, 0.25) is 0 Å². The Morgan fingerprint density at radius 2 is 1.79 bits per heavy atom. The van der Waals surface area contributed by atoms with Crippen molar-refractivity contribution in [3.05, 3.63) is 28.2 Å². The van der Waals surface area contributed by atoms with Gasteiger partial charge in [-0.1, -0.05) is 41.3 Å². The van der Waals surface area contributed by atoms with E-state index in [9.17, 15) is 0 Å². The van der Waals surface area contributed by atoms with Crippen molar-refractivity contribution in [2.45, 2.75) is 63.0 Å². The first-order valence-corrected chi connectivity index (χ1v) is 8.22. The smallest absolute Gasteiger partial charge is 0.126 e. The summed E-state index contributed by atoms with van der Waals surface area (Å²) in [7, 11) is 0. The van der Waals surface area contributed by atoms with E-state index < -0.39 is 0 Å². The highest BCUT2D eigenvalue weighted by atomic mass is 79.9. The summed E-state index contributed by atoms with van der Waals surface area (Å²) in [4.78, 5) is 0. The first-order valence-electron chi connectivity index (χ1n) is 7.43. The average molecular weight is 324 g/mol. The van der Waals surface area contributed by atoms with Crippen LogP contribution in [-0.4, -0.2) is 5.60 Å². The summed E-state index contributed by atoms with van der Waals surface area (Å²) >= 11 is 3.53. The Labute approximate surface area is 123 Å². The lowest BCUT2D eigenvalue weighted by Crippen LogP contribution is -2.43. The Morgan fingerprint density at radius 1 is 1.11 bits per heavy atom. The predicted octanol–water partition coefficient (Wildman–Crippen LogP) is 4.71. The molecule has 2 nitrogen and oxygen atoms in total. The number of rotatable bonds is 0. The minimum atomic E-state index is -0.00632. The zero-order valence-corrected chi connectivity index (χ0v) is 12.9. The SMILES string of the molecule is N[C@@H]1CC2(CCCCCCC2)Oc2cc(Br)ccc21. The molecule has 1 aromatic rings. The van der Waals surface area contributed by atoms with Gasteiger partial charge in [-0.3, -0.25) is 0 Å². The van der Waals surface area contributed by atoms with Gasteiger partial charge in [0.1, 0.15) is 11.4 Å². The monoisotopic (exact) mass is 323 g/mol. The van der Waals surface area contributed by atoms with Gasteiger partial charge in [0.25, 0.3) is 0 Å². The molecule has 0 saturated heterocycles. The Balaban J connectivity index is 1.89. The van der Waals surface area contributed by atoms with Crippen LogP contribution < -0.4 is 10.5 Å². The van der Waals surface area contributed by atoms with E-state index in [2.05, 4.69) is 34.1 Å². The van der Waals surface area contributed by atoms with E-state index >= 15 is 0 Å². The van der Waals surface area contributed by atoms with Gasteiger partial charge < -0.3 is 10.5 Å². The topological polar surface area (TPSA) is 35.2 Å². The van der Waals surface area contributed by atoms with E-state index in [4.69, 9.17) is 10.5 Å². The standard InChI is InChI=1S/C16H22BrNO/c17-12-6-7-13-14(18)11-16(19-15(13)10-12)8-4-2-1-3-5-9-16/h6-7,10,14H,1-5,8-9,11,18H2/t14-/m1/s1.